The lowest BCUT2D eigenvalue weighted by atomic mass is 9.93. The van der Waals surface area contributed by atoms with Gasteiger partial charge in [0.15, 0.2) is 0 Å². The van der Waals surface area contributed by atoms with E-state index in [1.807, 2.05) is 0 Å². The summed E-state index contributed by atoms with van der Waals surface area (Å²) in [5.74, 6) is -0.0651. The van der Waals surface area contributed by atoms with Gasteiger partial charge in [0.1, 0.15) is 0 Å². The van der Waals surface area contributed by atoms with Crippen LogP contribution in [-0.4, -0.2) is 35.8 Å². The van der Waals surface area contributed by atoms with Gasteiger partial charge in [0, 0.05) is 25.4 Å². The van der Waals surface area contributed by atoms with Crippen LogP contribution in [0.5, 0.6) is 0 Å². The fourth-order valence-corrected chi connectivity index (χ4v) is 1.80. The third-order valence-electron chi connectivity index (χ3n) is 2.53. The van der Waals surface area contributed by atoms with Gasteiger partial charge in [-0.25, -0.2) is 4.79 Å². The van der Waals surface area contributed by atoms with Crippen molar-refractivity contribution < 1.29 is 9.59 Å². The molecular weight excluding hydrogens is 216 g/mol. The Morgan fingerprint density at radius 3 is 2.60 bits per heavy atom. The van der Waals surface area contributed by atoms with Crippen LogP contribution in [0.1, 0.15) is 26.7 Å². The molecule has 0 unspecified atom stereocenters. The molecule has 4 nitrogen and oxygen atoms in total. The van der Waals surface area contributed by atoms with Crippen molar-refractivity contribution in [3.05, 3.63) is 0 Å². The van der Waals surface area contributed by atoms with Crippen molar-refractivity contribution in [2.75, 3.05) is 19.0 Å². The van der Waals surface area contributed by atoms with Gasteiger partial charge in [-0.15, -0.1) is 11.6 Å². The second-order valence-corrected chi connectivity index (χ2v) is 5.01. The summed E-state index contributed by atoms with van der Waals surface area (Å²) in [6, 6.07) is -0.296. The molecule has 1 rings (SSSR count). The van der Waals surface area contributed by atoms with E-state index in [1.54, 1.807) is 4.90 Å². The van der Waals surface area contributed by atoms with E-state index >= 15 is 0 Å². The number of nitrogens with one attached hydrogen (secondary N) is 1. The molecule has 1 N–H and O–H groups in total. The van der Waals surface area contributed by atoms with E-state index in [2.05, 4.69) is 19.2 Å². The van der Waals surface area contributed by atoms with Gasteiger partial charge in [0.2, 0.25) is 5.91 Å². The lowest BCUT2D eigenvalue weighted by Gasteiger charge is -2.19. The summed E-state index contributed by atoms with van der Waals surface area (Å²) in [5, 5.41) is 2.32. The zero-order valence-corrected chi connectivity index (χ0v) is 9.93. The van der Waals surface area contributed by atoms with Crippen LogP contribution in [0.3, 0.4) is 0 Å². The lowest BCUT2D eigenvalue weighted by Crippen LogP contribution is -2.42. The number of rotatable bonds is 2. The first-order chi connectivity index (χ1) is 6.94. The van der Waals surface area contributed by atoms with E-state index in [9.17, 15) is 9.59 Å². The van der Waals surface area contributed by atoms with Crippen molar-refractivity contribution in [3.63, 3.8) is 0 Å². The third-order valence-corrected chi connectivity index (χ3v) is 2.72. The standard InChI is InChI=1S/C10H17ClN2O2/c1-10(2)4-6-13(7-10)9(15)12-8(14)3-5-11/h3-7H2,1-2H3,(H,12,14,15). The molecule has 0 aliphatic carbocycles. The molecule has 86 valence electrons. The minimum absolute atomic E-state index is 0.160. The molecule has 0 saturated carbocycles. The molecule has 15 heavy (non-hydrogen) atoms. The Morgan fingerprint density at radius 1 is 1.47 bits per heavy atom. The van der Waals surface area contributed by atoms with Crippen molar-refractivity contribution in [1.82, 2.24) is 10.2 Å². The van der Waals surface area contributed by atoms with Crippen molar-refractivity contribution in [2.45, 2.75) is 26.7 Å². The van der Waals surface area contributed by atoms with Gasteiger partial charge in [-0.05, 0) is 11.8 Å². The second kappa shape index (κ2) is 4.84. The number of imide groups is 1. The molecule has 5 heteroatoms. The van der Waals surface area contributed by atoms with E-state index in [1.165, 1.54) is 0 Å². The summed E-state index contributed by atoms with van der Waals surface area (Å²) in [6.07, 6.45) is 1.16. The average Bonchev–Trinajstić information content (AvgIpc) is 2.46. The van der Waals surface area contributed by atoms with Crippen LogP contribution >= 0.6 is 11.6 Å². The number of halogens is 1. The summed E-state index contributed by atoms with van der Waals surface area (Å²) < 4.78 is 0. The average molecular weight is 233 g/mol. The van der Waals surface area contributed by atoms with Crippen LogP contribution in [0.4, 0.5) is 4.79 Å². The summed E-state index contributed by atoms with van der Waals surface area (Å²) >= 11 is 5.40. The highest BCUT2D eigenvalue weighted by molar-refractivity contribution is 6.19. The molecule has 0 spiro atoms. The normalized spacial score (nSPS) is 19.0. The maximum atomic E-state index is 11.6. The van der Waals surface area contributed by atoms with Gasteiger partial charge in [-0.3, -0.25) is 10.1 Å². The van der Waals surface area contributed by atoms with Crippen molar-refractivity contribution >= 4 is 23.5 Å². The molecule has 0 atom stereocenters. The Morgan fingerprint density at radius 2 is 2.13 bits per heavy atom. The molecule has 1 heterocycles. The van der Waals surface area contributed by atoms with Crippen LogP contribution in [0.2, 0.25) is 0 Å². The molecule has 1 aliphatic heterocycles. The number of amides is 3. The van der Waals surface area contributed by atoms with E-state index in [-0.39, 0.29) is 29.7 Å². The zero-order chi connectivity index (χ0) is 11.5. The Hall–Kier alpha value is -0.770. The number of urea groups is 1. The maximum Gasteiger partial charge on any atom is 0.324 e. The van der Waals surface area contributed by atoms with E-state index in [0.717, 1.165) is 6.42 Å². The van der Waals surface area contributed by atoms with Crippen molar-refractivity contribution in [1.29, 1.82) is 0 Å². The van der Waals surface area contributed by atoms with Crippen molar-refractivity contribution in [3.8, 4) is 0 Å². The van der Waals surface area contributed by atoms with Crippen molar-refractivity contribution in [2.24, 2.45) is 5.41 Å². The number of alkyl halides is 1. The fraction of sp³-hybridized carbons (Fsp3) is 0.800. The van der Waals surface area contributed by atoms with Gasteiger partial charge in [0.25, 0.3) is 0 Å². The largest absolute Gasteiger partial charge is 0.324 e. The van der Waals surface area contributed by atoms with E-state index in [0.29, 0.717) is 13.1 Å². The van der Waals surface area contributed by atoms with Crippen LogP contribution < -0.4 is 5.32 Å². The number of likely N-dealkylation sites (tertiary alicyclic amines) is 1. The summed E-state index contributed by atoms with van der Waals surface area (Å²) in [5.41, 5.74) is 0.160. The third kappa shape index (κ3) is 3.70. The van der Waals surface area contributed by atoms with Gasteiger partial charge < -0.3 is 4.90 Å². The van der Waals surface area contributed by atoms with Gasteiger partial charge in [0.05, 0.1) is 0 Å². The molecule has 1 saturated heterocycles. The molecule has 0 aromatic rings. The highest BCUT2D eigenvalue weighted by Crippen LogP contribution is 2.28. The molecule has 0 aromatic heterocycles. The zero-order valence-electron chi connectivity index (χ0n) is 9.18. The first-order valence-electron chi connectivity index (χ1n) is 5.09. The number of hydrogen-bond donors (Lipinski definition) is 1. The predicted molar refractivity (Wildman–Crippen MR) is 58.8 cm³/mol. The number of carbonyl (C=O) groups is 2. The smallest absolute Gasteiger partial charge is 0.324 e. The van der Waals surface area contributed by atoms with Gasteiger partial charge >= 0.3 is 6.03 Å². The Labute approximate surface area is 95.0 Å². The SMILES string of the molecule is CC1(C)CCN(C(=O)NC(=O)CCCl)C1. The van der Waals surface area contributed by atoms with Crippen LogP contribution in [0.25, 0.3) is 0 Å². The Balaban J connectivity index is 2.39. The van der Waals surface area contributed by atoms with Crippen LogP contribution in [0, 0.1) is 5.41 Å². The second-order valence-electron chi connectivity index (χ2n) is 4.63. The Kier molecular flexibility index (Phi) is 3.97. The lowest BCUT2D eigenvalue weighted by molar-refractivity contribution is -0.119. The first kappa shape index (κ1) is 12.3. The summed E-state index contributed by atoms with van der Waals surface area (Å²) in [6.45, 7) is 5.64. The van der Waals surface area contributed by atoms with E-state index in [4.69, 9.17) is 11.6 Å². The predicted octanol–water partition coefficient (Wildman–Crippen LogP) is 1.58. The molecule has 0 radical (unpaired) electrons. The molecule has 1 fully saturated rings. The molecular formula is C10H17ClN2O2. The minimum Gasteiger partial charge on any atom is -0.324 e. The minimum atomic E-state index is -0.306. The van der Waals surface area contributed by atoms with E-state index < -0.39 is 0 Å². The first-order valence-corrected chi connectivity index (χ1v) is 5.63. The molecule has 0 aromatic carbocycles. The molecule has 1 aliphatic rings. The number of hydrogen-bond acceptors (Lipinski definition) is 2. The topological polar surface area (TPSA) is 49.4 Å². The maximum absolute atomic E-state index is 11.6. The van der Waals surface area contributed by atoms with Crippen LogP contribution in [0.15, 0.2) is 0 Å². The Bertz CT molecular complexity index is 266. The van der Waals surface area contributed by atoms with Gasteiger partial charge in [-0.2, -0.15) is 0 Å². The summed E-state index contributed by atoms with van der Waals surface area (Å²) in [7, 11) is 0. The summed E-state index contributed by atoms with van der Waals surface area (Å²) in [4.78, 5) is 24.4. The monoisotopic (exact) mass is 232 g/mol. The van der Waals surface area contributed by atoms with Gasteiger partial charge in [-0.1, -0.05) is 13.8 Å². The highest BCUT2D eigenvalue weighted by Gasteiger charge is 2.32. The number of nitrogens with zero attached hydrogens (tertiary/aromatic N) is 1. The quantitative estimate of drug-likeness (QED) is 0.735. The fourth-order valence-electron chi connectivity index (χ4n) is 1.63. The highest BCUT2D eigenvalue weighted by atomic mass is 35.5. The molecule has 3 amide bonds. The molecule has 0 bridgehead atoms. The van der Waals surface area contributed by atoms with Crippen LogP contribution in [-0.2, 0) is 4.79 Å². The number of carbonyl (C=O) groups excluding carboxylic acids is 2.